The average molecular weight is 565 g/mol. The largest absolute Gasteiger partial charge is 0.300 e. The molecule has 4 aliphatic rings. The second-order valence-corrected chi connectivity index (χ2v) is 13.2. The molecule has 0 bridgehead atoms. The fourth-order valence-electron chi connectivity index (χ4n) is 10.2. The van der Waals surface area contributed by atoms with Gasteiger partial charge in [0.25, 0.3) is 11.5 Å². The molecule has 8 aromatic rings. The molecule has 3 atom stereocenters. The zero-order valence-electron chi connectivity index (χ0n) is 24.1. The maximum absolute atomic E-state index is 2.79. The fraction of sp³-hybridized carbons (Fsp3) is 0.150. The van der Waals surface area contributed by atoms with Crippen LogP contribution >= 0.6 is 0 Å². The van der Waals surface area contributed by atoms with Crippen LogP contribution in [0.4, 0.5) is 0 Å². The minimum Gasteiger partial charge on any atom is -0.224 e. The van der Waals surface area contributed by atoms with E-state index in [9.17, 15) is 0 Å². The summed E-state index contributed by atoms with van der Waals surface area (Å²) >= 11 is 0. The molecule has 0 N–H and O–H groups in total. The predicted molar refractivity (Wildman–Crippen MR) is 174 cm³/mol. The van der Waals surface area contributed by atoms with E-state index in [0.29, 0.717) is 11.8 Å². The van der Waals surface area contributed by atoms with Crippen LogP contribution in [0.15, 0.2) is 121 Å². The van der Waals surface area contributed by atoms with Gasteiger partial charge in [-0.15, -0.1) is 0 Å². The van der Waals surface area contributed by atoms with E-state index >= 15 is 0 Å². The summed E-state index contributed by atoms with van der Waals surface area (Å²) in [7, 11) is 0. The Morgan fingerprint density at radius 2 is 1.39 bits per heavy atom. The Morgan fingerprint density at radius 1 is 0.636 bits per heavy atom. The van der Waals surface area contributed by atoms with Gasteiger partial charge in [0.1, 0.15) is 16.6 Å². The Balaban J connectivity index is 1.43. The molecular formula is C40H28N4+2. The zero-order valence-corrected chi connectivity index (χ0v) is 24.1. The molecule has 2 aliphatic heterocycles. The lowest BCUT2D eigenvalue weighted by Crippen LogP contribution is -2.81. The van der Waals surface area contributed by atoms with Gasteiger partial charge in [0.05, 0.1) is 22.7 Å². The number of hydrogen-bond acceptors (Lipinski definition) is 0. The normalized spacial score (nSPS) is 21.9. The summed E-state index contributed by atoms with van der Waals surface area (Å²) in [6.07, 6.45) is 6.16. The van der Waals surface area contributed by atoms with E-state index in [2.05, 4.69) is 140 Å². The summed E-state index contributed by atoms with van der Waals surface area (Å²) in [6, 6.07) is 43.4. The van der Waals surface area contributed by atoms with E-state index < -0.39 is 0 Å². The minimum absolute atomic E-state index is 0.347. The van der Waals surface area contributed by atoms with Gasteiger partial charge in [-0.3, -0.25) is 0 Å². The molecule has 4 aromatic heterocycles. The van der Waals surface area contributed by atoms with E-state index in [-0.39, 0.29) is 5.66 Å². The molecule has 2 aliphatic carbocycles. The first-order chi connectivity index (χ1) is 21.9. The van der Waals surface area contributed by atoms with Gasteiger partial charge < -0.3 is 0 Å². The van der Waals surface area contributed by atoms with Crippen molar-refractivity contribution in [3.05, 3.63) is 133 Å². The fourth-order valence-corrected chi connectivity index (χ4v) is 10.2. The Kier molecular flexibility index (Phi) is 3.70. The summed E-state index contributed by atoms with van der Waals surface area (Å²) in [5.74, 6) is 3.57. The molecule has 44 heavy (non-hydrogen) atoms. The smallest absolute Gasteiger partial charge is 0.224 e. The van der Waals surface area contributed by atoms with Gasteiger partial charge in [0.2, 0.25) is 5.82 Å². The zero-order chi connectivity index (χ0) is 28.3. The molecule has 0 radical (unpaired) electrons. The van der Waals surface area contributed by atoms with E-state index in [1.807, 2.05) is 0 Å². The summed E-state index contributed by atoms with van der Waals surface area (Å²) in [6.45, 7) is 0. The molecule has 0 amide bonds. The van der Waals surface area contributed by atoms with Crippen LogP contribution in [0.3, 0.4) is 0 Å². The van der Waals surface area contributed by atoms with Crippen LogP contribution in [0.5, 0.6) is 0 Å². The number of fused-ring (bicyclic) bond motifs is 10. The van der Waals surface area contributed by atoms with Gasteiger partial charge in [-0.1, -0.05) is 79.2 Å². The van der Waals surface area contributed by atoms with Crippen molar-refractivity contribution in [1.29, 1.82) is 0 Å². The van der Waals surface area contributed by atoms with Gasteiger partial charge in [-0.25, -0.2) is 4.57 Å². The van der Waals surface area contributed by atoms with Gasteiger partial charge >= 0.3 is 5.65 Å². The van der Waals surface area contributed by atoms with E-state index in [1.165, 1.54) is 91.3 Å². The second-order valence-electron chi connectivity index (χ2n) is 13.2. The molecule has 0 saturated heterocycles. The van der Waals surface area contributed by atoms with E-state index in [4.69, 9.17) is 0 Å². The maximum atomic E-state index is 2.79. The second kappa shape index (κ2) is 7.28. The molecule has 1 saturated carbocycles. The average Bonchev–Trinajstić information content (AvgIpc) is 3.84. The highest BCUT2D eigenvalue weighted by molar-refractivity contribution is 6.12. The maximum Gasteiger partial charge on any atom is 0.300 e. The van der Waals surface area contributed by atoms with Crippen LogP contribution in [0.2, 0.25) is 0 Å². The van der Waals surface area contributed by atoms with Crippen LogP contribution in [-0.2, 0) is 5.66 Å². The lowest BCUT2D eigenvalue weighted by molar-refractivity contribution is -0.981. The van der Waals surface area contributed by atoms with E-state index in [1.54, 1.807) is 5.56 Å². The number of hydrogen-bond donors (Lipinski definition) is 0. The van der Waals surface area contributed by atoms with Crippen LogP contribution in [0.25, 0.3) is 66.5 Å². The third kappa shape index (κ3) is 2.19. The highest BCUT2D eigenvalue weighted by Crippen LogP contribution is 2.61. The quantitative estimate of drug-likeness (QED) is 0.181. The van der Waals surface area contributed by atoms with Crippen molar-refractivity contribution in [2.45, 2.75) is 30.8 Å². The number of rotatable bonds is 1. The third-order valence-electron chi connectivity index (χ3n) is 11.6. The Labute approximate surface area is 253 Å². The molecule has 4 heteroatoms. The van der Waals surface area contributed by atoms with Crippen molar-refractivity contribution in [2.75, 3.05) is 0 Å². The first-order valence-electron chi connectivity index (χ1n) is 16.0. The first-order valence-corrected chi connectivity index (χ1v) is 16.0. The van der Waals surface area contributed by atoms with Gasteiger partial charge in [0.15, 0.2) is 0 Å². The van der Waals surface area contributed by atoms with Crippen molar-refractivity contribution in [2.24, 2.45) is 5.92 Å². The molecule has 206 valence electrons. The highest BCUT2D eigenvalue weighted by atomic mass is 15.4. The van der Waals surface area contributed by atoms with Crippen LogP contribution in [0, 0.1) is 5.92 Å². The topological polar surface area (TPSA) is 17.6 Å². The van der Waals surface area contributed by atoms with Crippen LogP contribution < -0.4 is 9.13 Å². The molecule has 1 fully saturated rings. The number of para-hydroxylation sites is 2. The van der Waals surface area contributed by atoms with Crippen molar-refractivity contribution >= 4 is 43.7 Å². The van der Waals surface area contributed by atoms with Crippen molar-refractivity contribution in [3.63, 3.8) is 0 Å². The first kappa shape index (κ1) is 22.3. The number of benzene rings is 4. The Bertz CT molecular complexity index is 2600. The van der Waals surface area contributed by atoms with Gasteiger partial charge in [-0.05, 0) is 66.3 Å². The highest BCUT2D eigenvalue weighted by Gasteiger charge is 2.68. The third-order valence-corrected chi connectivity index (χ3v) is 11.6. The number of aromatic nitrogens is 4. The Morgan fingerprint density at radius 3 is 2.25 bits per heavy atom. The molecule has 6 heterocycles. The van der Waals surface area contributed by atoms with Crippen LogP contribution in [-0.4, -0.2) is 9.13 Å². The summed E-state index contributed by atoms with van der Waals surface area (Å²) in [5.41, 5.74) is 10.5. The standard InChI is InChI=1S/C40H28N4/c1-2-10-24(11-3-1)25-21-22-35-42-33-17-6-5-13-28(33)31-15-9-23-41(38(31)42)40-32-16-8-14-26(32)29-19-20-30-27-12-4-7-18-34(27)43(37(30)36(29)40)39(25)44(35)40/h1-7,9-13,15,17-23,26,32H,8,14,16H2/q+2. The summed E-state index contributed by atoms with van der Waals surface area (Å²) < 4.78 is 10.7. The lowest BCUT2D eigenvalue weighted by atomic mass is 9.85. The van der Waals surface area contributed by atoms with E-state index in [0.717, 1.165) is 0 Å². The molecule has 3 unspecified atom stereocenters. The SMILES string of the molecule is c1ccc(-c2ccc3[n+]4c2-n2c5ccccc5c5ccc6c(c52)C4(C2CCCC62)[n+]2cccc4c5ccccc5n-3c42)cc1. The predicted octanol–water partition coefficient (Wildman–Crippen LogP) is 7.90. The summed E-state index contributed by atoms with van der Waals surface area (Å²) in [5, 5.41) is 5.35. The monoisotopic (exact) mass is 564 g/mol. The molecule has 4 nitrogen and oxygen atoms in total. The lowest BCUT2D eigenvalue weighted by Gasteiger charge is -2.40. The summed E-state index contributed by atoms with van der Waals surface area (Å²) in [4.78, 5) is 0. The number of pyridine rings is 2. The molecule has 1 spiro atoms. The van der Waals surface area contributed by atoms with Crippen molar-refractivity contribution in [1.82, 2.24) is 9.13 Å². The minimum atomic E-state index is -0.347. The molecular weight excluding hydrogens is 536 g/mol. The number of nitrogens with zero attached hydrogens (tertiary/aromatic N) is 4. The Hall–Kier alpha value is -5.22. The molecule has 4 aromatic carbocycles. The van der Waals surface area contributed by atoms with Crippen molar-refractivity contribution < 1.29 is 9.13 Å². The van der Waals surface area contributed by atoms with Gasteiger partial charge in [0, 0.05) is 28.1 Å². The molecule has 12 rings (SSSR count). The van der Waals surface area contributed by atoms with Gasteiger partial charge in [-0.2, -0.15) is 13.7 Å². The van der Waals surface area contributed by atoms with Crippen molar-refractivity contribution in [3.8, 4) is 22.8 Å². The van der Waals surface area contributed by atoms with Crippen LogP contribution in [0.1, 0.15) is 36.3 Å².